The molecule has 1 aliphatic rings. The Bertz CT molecular complexity index is 985. The monoisotopic (exact) mass is 491 g/mol. The molecular formula is C25H31Cl2N3O3. The van der Waals surface area contributed by atoms with E-state index in [4.69, 9.17) is 23.2 Å². The zero-order valence-corrected chi connectivity index (χ0v) is 20.7. The summed E-state index contributed by atoms with van der Waals surface area (Å²) in [6.45, 7) is 6.19. The van der Waals surface area contributed by atoms with Crippen LogP contribution in [0.4, 0.5) is 10.5 Å². The maximum Gasteiger partial charge on any atom is 0.322 e. The number of hydrogen-bond donors (Lipinski definition) is 3. The van der Waals surface area contributed by atoms with Gasteiger partial charge in [0.15, 0.2) is 0 Å². The molecular weight excluding hydrogens is 461 g/mol. The molecule has 0 aliphatic heterocycles. The average molecular weight is 492 g/mol. The first kappa shape index (κ1) is 25.3. The van der Waals surface area contributed by atoms with Gasteiger partial charge in [0, 0.05) is 23.7 Å². The summed E-state index contributed by atoms with van der Waals surface area (Å²) in [7, 11) is 0. The van der Waals surface area contributed by atoms with Crippen LogP contribution in [0.15, 0.2) is 42.5 Å². The minimum absolute atomic E-state index is 0.0171. The number of aliphatic hydroxyl groups excluding tert-OH is 1. The summed E-state index contributed by atoms with van der Waals surface area (Å²) in [4.78, 5) is 26.8. The number of aliphatic hydroxyl groups is 1. The van der Waals surface area contributed by atoms with Crippen LogP contribution in [0.3, 0.4) is 0 Å². The summed E-state index contributed by atoms with van der Waals surface area (Å²) >= 11 is 12.1. The molecule has 6 nitrogen and oxygen atoms in total. The average Bonchev–Trinajstić information content (AvgIpc) is 2.72. The van der Waals surface area contributed by atoms with Crippen molar-refractivity contribution >= 4 is 40.8 Å². The molecule has 0 bridgehead atoms. The highest BCUT2D eigenvalue weighted by molar-refractivity contribution is 6.42. The Kier molecular flexibility index (Phi) is 8.27. The van der Waals surface area contributed by atoms with Gasteiger partial charge in [0.25, 0.3) is 0 Å². The number of hydrogen-bond acceptors (Lipinski definition) is 3. The number of amides is 3. The summed E-state index contributed by atoms with van der Waals surface area (Å²) < 4.78 is 0. The Labute approximate surface area is 205 Å². The Morgan fingerprint density at radius 3 is 2.30 bits per heavy atom. The van der Waals surface area contributed by atoms with E-state index in [0.29, 0.717) is 27.8 Å². The van der Waals surface area contributed by atoms with Crippen molar-refractivity contribution < 1.29 is 14.7 Å². The predicted octanol–water partition coefficient (Wildman–Crippen LogP) is 5.78. The topological polar surface area (TPSA) is 81.7 Å². The number of benzene rings is 2. The van der Waals surface area contributed by atoms with Crippen molar-refractivity contribution in [1.82, 2.24) is 10.2 Å². The van der Waals surface area contributed by atoms with Crippen LogP contribution in [0, 0.1) is 5.41 Å². The van der Waals surface area contributed by atoms with E-state index in [1.807, 2.05) is 45.0 Å². The van der Waals surface area contributed by atoms with Gasteiger partial charge in [-0.15, -0.1) is 0 Å². The first-order valence-corrected chi connectivity index (χ1v) is 11.9. The Hall–Kier alpha value is -2.28. The Balaban J connectivity index is 1.62. The Morgan fingerprint density at radius 1 is 1.09 bits per heavy atom. The van der Waals surface area contributed by atoms with Gasteiger partial charge >= 0.3 is 6.03 Å². The molecule has 1 saturated carbocycles. The highest BCUT2D eigenvalue weighted by Crippen LogP contribution is 2.30. The molecule has 2 aromatic carbocycles. The van der Waals surface area contributed by atoms with Crippen LogP contribution >= 0.6 is 23.2 Å². The van der Waals surface area contributed by atoms with Crippen molar-refractivity contribution in [3.63, 3.8) is 0 Å². The maximum atomic E-state index is 13.0. The fourth-order valence-corrected chi connectivity index (χ4v) is 3.76. The quantitative estimate of drug-likeness (QED) is 0.459. The summed E-state index contributed by atoms with van der Waals surface area (Å²) in [5.41, 5.74) is 1.76. The lowest BCUT2D eigenvalue weighted by molar-refractivity contribution is -0.128. The molecule has 178 valence electrons. The highest BCUT2D eigenvalue weighted by Gasteiger charge is 2.31. The summed E-state index contributed by atoms with van der Waals surface area (Å²) in [5.74, 6) is -0.0171. The summed E-state index contributed by atoms with van der Waals surface area (Å²) in [5, 5.41) is 17.4. The van der Waals surface area contributed by atoms with E-state index in [1.165, 1.54) is 0 Å². The van der Waals surface area contributed by atoms with Gasteiger partial charge in [-0.25, -0.2) is 4.79 Å². The van der Waals surface area contributed by atoms with E-state index in [2.05, 4.69) is 10.6 Å². The van der Waals surface area contributed by atoms with E-state index in [-0.39, 0.29) is 24.5 Å². The van der Waals surface area contributed by atoms with Crippen LogP contribution in [0.2, 0.25) is 10.0 Å². The van der Waals surface area contributed by atoms with Crippen LogP contribution in [0.25, 0.3) is 0 Å². The lowest BCUT2D eigenvalue weighted by Crippen LogP contribution is -2.48. The number of rotatable bonds is 7. The lowest BCUT2D eigenvalue weighted by atomic mass is 9.91. The van der Waals surface area contributed by atoms with E-state index in [0.717, 1.165) is 24.8 Å². The molecule has 0 spiro atoms. The van der Waals surface area contributed by atoms with Gasteiger partial charge in [0.2, 0.25) is 5.91 Å². The molecule has 1 fully saturated rings. The van der Waals surface area contributed by atoms with Gasteiger partial charge in [0.1, 0.15) is 0 Å². The molecule has 0 saturated heterocycles. The standard InChI is InChI=1S/C25H31Cl2N3O3/c1-25(2,3)23(32)28-14-16-7-10-18(11-8-16)29-24(33)30(19-5-4-6-19)15-22(31)17-9-12-20(26)21(27)13-17/h7-13,19,22,31H,4-6,14-15H2,1-3H3,(H,28,32)(H,29,33)/t22-/m1/s1. The van der Waals surface area contributed by atoms with Crippen LogP contribution in [0.5, 0.6) is 0 Å². The molecule has 3 rings (SSSR count). The number of carbonyl (C=O) groups is 2. The highest BCUT2D eigenvalue weighted by atomic mass is 35.5. The normalized spacial score (nSPS) is 14.8. The molecule has 3 amide bonds. The molecule has 2 aromatic rings. The molecule has 1 aliphatic carbocycles. The minimum Gasteiger partial charge on any atom is -0.387 e. The van der Waals surface area contributed by atoms with Crippen LogP contribution < -0.4 is 10.6 Å². The van der Waals surface area contributed by atoms with E-state index in [9.17, 15) is 14.7 Å². The van der Waals surface area contributed by atoms with Crippen LogP contribution in [0.1, 0.15) is 57.3 Å². The summed E-state index contributed by atoms with van der Waals surface area (Å²) in [6, 6.07) is 12.2. The number of nitrogens with zero attached hydrogens (tertiary/aromatic N) is 1. The molecule has 1 atom stereocenters. The predicted molar refractivity (Wildman–Crippen MR) is 133 cm³/mol. The third kappa shape index (κ3) is 6.85. The number of urea groups is 1. The van der Waals surface area contributed by atoms with Gasteiger partial charge in [-0.2, -0.15) is 0 Å². The molecule has 0 aromatic heterocycles. The Morgan fingerprint density at radius 2 is 1.76 bits per heavy atom. The van der Waals surface area contributed by atoms with Gasteiger partial charge in [-0.05, 0) is 54.7 Å². The first-order valence-electron chi connectivity index (χ1n) is 11.1. The largest absolute Gasteiger partial charge is 0.387 e. The van der Waals surface area contributed by atoms with E-state index < -0.39 is 11.5 Å². The minimum atomic E-state index is -0.875. The van der Waals surface area contributed by atoms with Crippen molar-refractivity contribution in [1.29, 1.82) is 0 Å². The lowest BCUT2D eigenvalue weighted by Gasteiger charge is -2.38. The second kappa shape index (κ2) is 10.8. The first-order chi connectivity index (χ1) is 15.5. The SMILES string of the molecule is CC(C)(C)C(=O)NCc1ccc(NC(=O)N(C[C@@H](O)c2ccc(Cl)c(Cl)c2)C2CCC2)cc1. The molecule has 3 N–H and O–H groups in total. The molecule has 0 unspecified atom stereocenters. The smallest absolute Gasteiger partial charge is 0.322 e. The number of carbonyl (C=O) groups excluding carboxylic acids is 2. The fourth-order valence-electron chi connectivity index (χ4n) is 3.46. The number of nitrogens with one attached hydrogen (secondary N) is 2. The third-order valence-corrected chi connectivity index (χ3v) is 6.55. The summed E-state index contributed by atoms with van der Waals surface area (Å²) in [6.07, 6.45) is 2.01. The van der Waals surface area contributed by atoms with Gasteiger partial charge in [-0.3, -0.25) is 4.79 Å². The van der Waals surface area contributed by atoms with Crippen molar-refractivity contribution in [3.8, 4) is 0 Å². The van der Waals surface area contributed by atoms with Gasteiger partial charge < -0.3 is 20.6 Å². The van der Waals surface area contributed by atoms with Crippen molar-refractivity contribution in [2.45, 2.75) is 58.7 Å². The van der Waals surface area contributed by atoms with Gasteiger partial charge in [0.05, 0.1) is 22.7 Å². The van der Waals surface area contributed by atoms with E-state index >= 15 is 0 Å². The molecule has 8 heteroatoms. The second-order valence-corrected chi connectivity index (χ2v) is 10.3. The number of halogens is 2. The van der Waals surface area contributed by atoms with E-state index in [1.54, 1.807) is 23.1 Å². The van der Waals surface area contributed by atoms with Crippen molar-refractivity contribution in [3.05, 3.63) is 63.6 Å². The van der Waals surface area contributed by atoms with Gasteiger partial charge in [-0.1, -0.05) is 62.2 Å². The third-order valence-electron chi connectivity index (χ3n) is 5.81. The zero-order chi connectivity index (χ0) is 24.2. The van der Waals surface area contributed by atoms with Crippen LogP contribution in [-0.4, -0.2) is 34.5 Å². The van der Waals surface area contributed by atoms with Crippen LogP contribution in [-0.2, 0) is 11.3 Å². The number of anilines is 1. The zero-order valence-electron chi connectivity index (χ0n) is 19.2. The fraction of sp³-hybridized carbons (Fsp3) is 0.440. The molecule has 33 heavy (non-hydrogen) atoms. The van der Waals surface area contributed by atoms with Crippen molar-refractivity contribution in [2.75, 3.05) is 11.9 Å². The second-order valence-electron chi connectivity index (χ2n) is 9.49. The van der Waals surface area contributed by atoms with Crippen molar-refractivity contribution in [2.24, 2.45) is 5.41 Å². The molecule has 0 radical (unpaired) electrons. The maximum absolute atomic E-state index is 13.0. The molecule has 0 heterocycles.